The molecule has 0 spiro atoms. The van der Waals surface area contributed by atoms with Gasteiger partial charge in [0.05, 0.1) is 16.8 Å². The molecule has 0 aliphatic carbocycles. The quantitative estimate of drug-likeness (QED) is 0.194. The maximum atomic E-state index is 14.0. The van der Waals surface area contributed by atoms with Crippen molar-refractivity contribution in [3.05, 3.63) is 88.1 Å². The van der Waals surface area contributed by atoms with E-state index < -0.39 is 29.8 Å². The van der Waals surface area contributed by atoms with Crippen LogP contribution in [0.3, 0.4) is 0 Å². The second-order valence-corrected chi connectivity index (χ2v) is 11.0. The van der Waals surface area contributed by atoms with Crippen LogP contribution in [0.2, 0.25) is 0 Å². The van der Waals surface area contributed by atoms with Gasteiger partial charge in [0.15, 0.2) is 5.65 Å². The van der Waals surface area contributed by atoms with Crippen molar-refractivity contribution in [2.75, 3.05) is 25.5 Å². The molecule has 1 amide bonds. The molecule has 4 aromatic rings. The second kappa shape index (κ2) is 13.1. The molecule has 1 aliphatic rings. The van der Waals surface area contributed by atoms with Gasteiger partial charge in [0, 0.05) is 23.6 Å². The fourth-order valence-electron chi connectivity index (χ4n) is 5.38. The molecular weight excluding hydrogens is 579 g/mol. The molecule has 1 saturated heterocycles. The van der Waals surface area contributed by atoms with E-state index in [2.05, 4.69) is 44.2 Å². The van der Waals surface area contributed by atoms with E-state index in [1.165, 1.54) is 41.2 Å². The molecule has 1 aliphatic heterocycles. The normalized spacial score (nSPS) is 16.0. The SMILES string of the molecule is Cc1ncc(C(=O)Nc2ccc(CCC3CCCN(C)CC3)c(C(F)(F)F)c2)cc1C#Cc1c(C(F)F)nc2cccnn12. The molecule has 230 valence electrons. The number of nitrogens with one attached hydrogen (secondary N) is 1. The van der Waals surface area contributed by atoms with Gasteiger partial charge in [-0.05, 0) is 107 Å². The topological polar surface area (TPSA) is 75.4 Å². The third-order valence-electron chi connectivity index (χ3n) is 7.86. The van der Waals surface area contributed by atoms with Crippen molar-refractivity contribution in [1.29, 1.82) is 0 Å². The lowest BCUT2D eigenvalue weighted by atomic mass is 9.91. The summed E-state index contributed by atoms with van der Waals surface area (Å²) in [5, 5.41) is 6.57. The summed E-state index contributed by atoms with van der Waals surface area (Å²) in [5.41, 5.74) is -0.249. The van der Waals surface area contributed by atoms with Crippen LogP contribution < -0.4 is 5.32 Å². The number of rotatable bonds is 6. The second-order valence-electron chi connectivity index (χ2n) is 11.0. The number of halogens is 5. The lowest BCUT2D eigenvalue weighted by Crippen LogP contribution is -2.19. The third kappa shape index (κ3) is 7.22. The molecule has 1 fully saturated rings. The molecule has 3 aromatic heterocycles. The van der Waals surface area contributed by atoms with Gasteiger partial charge in [-0.25, -0.2) is 18.3 Å². The highest BCUT2D eigenvalue weighted by molar-refractivity contribution is 6.04. The number of amides is 1. The number of carbonyl (C=O) groups excluding carboxylic acids is 1. The van der Waals surface area contributed by atoms with Gasteiger partial charge in [0.1, 0.15) is 11.4 Å². The maximum Gasteiger partial charge on any atom is 0.416 e. The van der Waals surface area contributed by atoms with Crippen molar-refractivity contribution < 1.29 is 26.7 Å². The highest BCUT2D eigenvalue weighted by Gasteiger charge is 2.34. The molecule has 1 aromatic carbocycles. The minimum absolute atomic E-state index is 0.00578. The van der Waals surface area contributed by atoms with Crippen molar-refractivity contribution >= 4 is 17.2 Å². The summed E-state index contributed by atoms with van der Waals surface area (Å²) in [5.74, 6) is 5.13. The third-order valence-corrected chi connectivity index (χ3v) is 7.86. The summed E-state index contributed by atoms with van der Waals surface area (Å²) in [4.78, 5) is 23.4. The Hall–Kier alpha value is -4.37. The summed E-state index contributed by atoms with van der Waals surface area (Å²) in [6, 6.07) is 8.35. The molecular formula is C32H31F5N6O. The van der Waals surface area contributed by atoms with E-state index >= 15 is 0 Å². The fourth-order valence-corrected chi connectivity index (χ4v) is 5.38. The molecule has 4 heterocycles. The van der Waals surface area contributed by atoms with E-state index in [4.69, 9.17) is 0 Å². The monoisotopic (exact) mass is 610 g/mol. The molecule has 1 atom stereocenters. The summed E-state index contributed by atoms with van der Waals surface area (Å²) in [6.07, 6.45) is -0.802. The van der Waals surface area contributed by atoms with Crippen LogP contribution in [0, 0.1) is 24.7 Å². The predicted octanol–water partition coefficient (Wildman–Crippen LogP) is 6.71. The van der Waals surface area contributed by atoms with Gasteiger partial charge in [-0.2, -0.15) is 18.3 Å². The zero-order valence-corrected chi connectivity index (χ0v) is 24.3. The molecule has 44 heavy (non-hydrogen) atoms. The van der Waals surface area contributed by atoms with E-state index in [0.29, 0.717) is 24.5 Å². The van der Waals surface area contributed by atoms with Crippen molar-refractivity contribution in [3.8, 4) is 11.8 Å². The Morgan fingerprint density at radius 3 is 2.73 bits per heavy atom. The van der Waals surface area contributed by atoms with E-state index in [-0.39, 0.29) is 33.7 Å². The molecule has 1 N–H and O–H groups in total. The largest absolute Gasteiger partial charge is 0.416 e. The van der Waals surface area contributed by atoms with E-state index in [1.807, 2.05) is 0 Å². The van der Waals surface area contributed by atoms with Crippen LogP contribution >= 0.6 is 0 Å². The van der Waals surface area contributed by atoms with Crippen LogP contribution in [-0.2, 0) is 12.6 Å². The summed E-state index contributed by atoms with van der Waals surface area (Å²) in [6.45, 7) is 3.58. The first-order chi connectivity index (χ1) is 21.0. The fraction of sp³-hybridized carbons (Fsp3) is 0.375. The van der Waals surface area contributed by atoms with Crippen LogP contribution in [0.25, 0.3) is 5.65 Å². The van der Waals surface area contributed by atoms with E-state index in [1.54, 1.807) is 13.0 Å². The summed E-state index contributed by atoms with van der Waals surface area (Å²) in [7, 11) is 2.06. The minimum Gasteiger partial charge on any atom is -0.322 e. The molecule has 12 heteroatoms. The first-order valence-electron chi connectivity index (χ1n) is 14.3. The first kappa shape index (κ1) is 31.1. The van der Waals surface area contributed by atoms with Gasteiger partial charge in [-0.1, -0.05) is 12.0 Å². The van der Waals surface area contributed by atoms with Crippen molar-refractivity contribution in [1.82, 2.24) is 24.5 Å². The molecule has 5 rings (SSSR count). The van der Waals surface area contributed by atoms with Crippen molar-refractivity contribution in [2.45, 2.75) is 51.6 Å². The number of hydrogen-bond acceptors (Lipinski definition) is 5. The molecule has 0 radical (unpaired) electrons. The van der Waals surface area contributed by atoms with E-state index in [9.17, 15) is 26.7 Å². The van der Waals surface area contributed by atoms with Gasteiger partial charge >= 0.3 is 6.18 Å². The van der Waals surface area contributed by atoms with Gasteiger partial charge < -0.3 is 10.2 Å². The smallest absolute Gasteiger partial charge is 0.322 e. The first-order valence-corrected chi connectivity index (χ1v) is 14.3. The van der Waals surface area contributed by atoms with Crippen molar-refractivity contribution in [2.24, 2.45) is 5.92 Å². The number of anilines is 1. The lowest BCUT2D eigenvalue weighted by molar-refractivity contribution is -0.138. The average molecular weight is 611 g/mol. The Morgan fingerprint density at radius 1 is 1.14 bits per heavy atom. The van der Waals surface area contributed by atoms with Gasteiger partial charge in [0.2, 0.25) is 0 Å². The van der Waals surface area contributed by atoms with Crippen molar-refractivity contribution in [3.63, 3.8) is 0 Å². The standard InChI is InChI=1S/C32H31F5N6O/c1-20-23(10-12-27-29(30(33)34)41-28-6-3-14-39-43(27)28)17-24(19-38-20)31(44)40-25-11-9-22(26(18-25)32(35,36)37)8-7-21-5-4-15-42(2)16-13-21/h3,6,9,11,14,17-19,21,30H,4-5,7-8,13,15-16H2,1-2H3,(H,40,44). The highest BCUT2D eigenvalue weighted by atomic mass is 19.4. The number of hydrogen-bond donors (Lipinski definition) is 1. The number of aromatic nitrogens is 4. The number of benzene rings is 1. The van der Waals surface area contributed by atoms with Crippen LogP contribution in [0.5, 0.6) is 0 Å². The van der Waals surface area contributed by atoms with Gasteiger partial charge in [0.25, 0.3) is 12.3 Å². The number of pyridine rings is 1. The number of fused-ring (bicyclic) bond motifs is 1. The highest BCUT2D eigenvalue weighted by Crippen LogP contribution is 2.35. The number of carbonyl (C=O) groups is 1. The van der Waals surface area contributed by atoms with Crippen LogP contribution in [0.15, 0.2) is 48.8 Å². The Bertz CT molecular complexity index is 1720. The minimum atomic E-state index is -4.59. The van der Waals surface area contributed by atoms with Crippen LogP contribution in [0.4, 0.5) is 27.6 Å². The lowest BCUT2D eigenvalue weighted by Gasteiger charge is -2.18. The Labute approximate surface area is 251 Å². The van der Waals surface area contributed by atoms with Crippen LogP contribution in [0.1, 0.15) is 76.2 Å². The molecule has 1 unspecified atom stereocenters. The maximum absolute atomic E-state index is 14.0. The summed E-state index contributed by atoms with van der Waals surface area (Å²) < 4.78 is 70.6. The van der Waals surface area contributed by atoms with Gasteiger partial charge in [-0.3, -0.25) is 9.78 Å². The van der Waals surface area contributed by atoms with E-state index in [0.717, 1.165) is 38.4 Å². The average Bonchev–Trinajstić information content (AvgIpc) is 3.23. The number of imidazole rings is 1. The molecule has 0 bridgehead atoms. The molecule has 7 nitrogen and oxygen atoms in total. The Morgan fingerprint density at radius 2 is 1.95 bits per heavy atom. The number of aryl methyl sites for hydroxylation is 2. The Balaban J connectivity index is 1.35. The predicted molar refractivity (Wildman–Crippen MR) is 155 cm³/mol. The number of alkyl halides is 5. The van der Waals surface area contributed by atoms with Crippen LogP contribution in [-0.4, -0.2) is 50.5 Å². The Kier molecular flexibility index (Phi) is 9.25. The summed E-state index contributed by atoms with van der Waals surface area (Å²) >= 11 is 0. The number of nitrogens with zero attached hydrogens (tertiary/aromatic N) is 5. The zero-order chi connectivity index (χ0) is 31.4. The van der Waals surface area contributed by atoms with Gasteiger partial charge in [-0.15, -0.1) is 0 Å². The zero-order valence-electron chi connectivity index (χ0n) is 24.3. The molecule has 0 saturated carbocycles. The number of likely N-dealkylation sites (tertiary alicyclic amines) is 1.